The maximum atomic E-state index is 12.1. The van der Waals surface area contributed by atoms with E-state index in [-0.39, 0.29) is 6.04 Å². The molecule has 1 atom stereocenters. The van der Waals surface area contributed by atoms with Crippen LogP contribution in [0.3, 0.4) is 0 Å². The van der Waals surface area contributed by atoms with Gasteiger partial charge in [-0.05, 0) is 60.8 Å². The fourth-order valence-electron chi connectivity index (χ4n) is 3.67. The van der Waals surface area contributed by atoms with Crippen molar-refractivity contribution < 1.29 is 8.42 Å². The van der Waals surface area contributed by atoms with Crippen molar-refractivity contribution in [3.8, 4) is 11.3 Å². The Labute approximate surface area is 161 Å². The SMILES string of the molecule is Cc1nc2nc(-c3ccc4c(c3)CC(C)N4S(C)(=O)=O)cn2c(C)c1Br. The highest BCUT2D eigenvalue weighted by Gasteiger charge is 2.32. The smallest absolute Gasteiger partial charge is 0.234 e. The summed E-state index contributed by atoms with van der Waals surface area (Å²) >= 11 is 3.56. The highest BCUT2D eigenvalue weighted by Crippen LogP contribution is 2.36. The third-order valence-corrected chi connectivity index (χ3v) is 7.26. The van der Waals surface area contributed by atoms with Crippen LogP contribution in [0.1, 0.15) is 23.9 Å². The van der Waals surface area contributed by atoms with E-state index in [1.165, 1.54) is 10.6 Å². The fourth-order valence-corrected chi connectivity index (χ4v) is 5.21. The Morgan fingerprint density at radius 1 is 1.23 bits per heavy atom. The second-order valence-electron chi connectivity index (χ2n) is 6.85. The van der Waals surface area contributed by atoms with Crippen LogP contribution in [0.5, 0.6) is 0 Å². The first kappa shape index (κ1) is 17.5. The minimum atomic E-state index is -3.28. The molecule has 4 rings (SSSR count). The lowest BCUT2D eigenvalue weighted by Crippen LogP contribution is -2.34. The summed E-state index contributed by atoms with van der Waals surface area (Å²) < 4.78 is 28.6. The molecule has 0 saturated carbocycles. The number of imidazole rings is 1. The summed E-state index contributed by atoms with van der Waals surface area (Å²) in [6.45, 7) is 5.90. The molecule has 3 aromatic rings. The van der Waals surface area contributed by atoms with Gasteiger partial charge in [-0.3, -0.25) is 8.71 Å². The number of benzene rings is 1. The molecule has 1 aliphatic rings. The van der Waals surface area contributed by atoms with Crippen LogP contribution in [0.2, 0.25) is 0 Å². The number of rotatable bonds is 2. The Morgan fingerprint density at radius 3 is 2.65 bits per heavy atom. The lowest BCUT2D eigenvalue weighted by molar-refractivity contribution is 0.590. The molecule has 0 bridgehead atoms. The van der Waals surface area contributed by atoms with Crippen molar-refractivity contribution in [1.29, 1.82) is 0 Å². The normalized spacial score (nSPS) is 17.1. The Morgan fingerprint density at radius 2 is 1.96 bits per heavy atom. The molecule has 1 aromatic carbocycles. The van der Waals surface area contributed by atoms with Crippen molar-refractivity contribution in [2.45, 2.75) is 33.2 Å². The van der Waals surface area contributed by atoms with Gasteiger partial charge in [0.25, 0.3) is 0 Å². The van der Waals surface area contributed by atoms with Crippen LogP contribution in [0.4, 0.5) is 5.69 Å². The van der Waals surface area contributed by atoms with E-state index in [4.69, 9.17) is 0 Å². The van der Waals surface area contributed by atoms with Gasteiger partial charge in [0, 0.05) is 23.5 Å². The van der Waals surface area contributed by atoms with E-state index in [2.05, 4.69) is 25.9 Å². The summed E-state index contributed by atoms with van der Waals surface area (Å²) in [5.41, 5.74) is 5.53. The van der Waals surface area contributed by atoms with Gasteiger partial charge in [-0.1, -0.05) is 6.07 Å². The highest BCUT2D eigenvalue weighted by molar-refractivity contribution is 9.10. The van der Waals surface area contributed by atoms with Crippen molar-refractivity contribution in [2.24, 2.45) is 0 Å². The minimum absolute atomic E-state index is 0.0705. The van der Waals surface area contributed by atoms with Gasteiger partial charge in [0.05, 0.1) is 27.8 Å². The topological polar surface area (TPSA) is 67.6 Å². The first-order valence-electron chi connectivity index (χ1n) is 8.31. The summed E-state index contributed by atoms with van der Waals surface area (Å²) in [6.07, 6.45) is 3.92. The molecule has 8 heteroatoms. The van der Waals surface area contributed by atoms with Gasteiger partial charge in [-0.25, -0.2) is 18.4 Å². The van der Waals surface area contributed by atoms with Gasteiger partial charge in [-0.15, -0.1) is 0 Å². The molecule has 1 unspecified atom stereocenters. The Hall–Kier alpha value is -1.93. The van der Waals surface area contributed by atoms with Crippen LogP contribution in [-0.4, -0.2) is 35.1 Å². The summed E-state index contributed by atoms with van der Waals surface area (Å²) in [6, 6.07) is 5.77. The van der Waals surface area contributed by atoms with Gasteiger partial charge in [0.2, 0.25) is 15.8 Å². The van der Waals surface area contributed by atoms with Gasteiger partial charge >= 0.3 is 0 Å². The van der Waals surface area contributed by atoms with Crippen LogP contribution < -0.4 is 4.31 Å². The molecule has 0 aliphatic carbocycles. The average Bonchev–Trinajstić information content (AvgIpc) is 3.11. The van der Waals surface area contributed by atoms with E-state index in [0.29, 0.717) is 12.2 Å². The zero-order valence-corrected chi connectivity index (χ0v) is 17.4. The molecule has 0 N–H and O–H groups in total. The average molecular weight is 435 g/mol. The summed E-state index contributed by atoms with van der Waals surface area (Å²) in [5, 5.41) is 0. The van der Waals surface area contributed by atoms with Crippen LogP contribution in [0.25, 0.3) is 17.0 Å². The molecule has 0 fully saturated rings. The molecular weight excluding hydrogens is 416 g/mol. The summed E-state index contributed by atoms with van der Waals surface area (Å²) in [5.74, 6) is 0.657. The molecule has 0 saturated heterocycles. The number of fused-ring (bicyclic) bond motifs is 2. The van der Waals surface area contributed by atoms with Gasteiger partial charge in [0.15, 0.2) is 0 Å². The fraction of sp³-hybridized carbons (Fsp3) is 0.333. The second kappa shape index (κ2) is 5.79. The van der Waals surface area contributed by atoms with E-state index in [9.17, 15) is 8.42 Å². The van der Waals surface area contributed by atoms with E-state index in [1.54, 1.807) is 0 Å². The quantitative estimate of drug-likeness (QED) is 0.618. The van der Waals surface area contributed by atoms with Crippen LogP contribution in [0.15, 0.2) is 28.9 Å². The van der Waals surface area contributed by atoms with E-state index in [1.807, 2.05) is 49.6 Å². The number of sulfonamides is 1. The highest BCUT2D eigenvalue weighted by atomic mass is 79.9. The van der Waals surface area contributed by atoms with E-state index in [0.717, 1.165) is 38.4 Å². The second-order valence-corrected chi connectivity index (χ2v) is 9.50. The first-order chi connectivity index (χ1) is 12.2. The van der Waals surface area contributed by atoms with Crippen LogP contribution in [0, 0.1) is 13.8 Å². The molecule has 136 valence electrons. The molecule has 1 aliphatic heterocycles. The standard InChI is InChI=1S/C18H19BrN4O2S/c1-10-7-14-8-13(5-6-16(14)23(10)26(4,24)25)15-9-22-12(3)17(19)11(2)20-18(22)21-15/h5-6,8-10H,7H2,1-4H3. The molecule has 26 heavy (non-hydrogen) atoms. The van der Waals surface area contributed by atoms with Crippen molar-refractivity contribution in [2.75, 3.05) is 10.6 Å². The van der Waals surface area contributed by atoms with Crippen molar-refractivity contribution in [1.82, 2.24) is 14.4 Å². The molecular formula is C18H19BrN4O2S. The number of hydrogen-bond donors (Lipinski definition) is 0. The molecule has 0 spiro atoms. The van der Waals surface area contributed by atoms with Crippen LogP contribution in [-0.2, 0) is 16.4 Å². The summed E-state index contributed by atoms with van der Waals surface area (Å²) in [4.78, 5) is 9.19. The van der Waals surface area contributed by atoms with Gasteiger partial charge in [0.1, 0.15) is 0 Å². The Bertz CT molecular complexity index is 1150. The number of anilines is 1. The molecule has 6 nitrogen and oxygen atoms in total. The van der Waals surface area contributed by atoms with Crippen molar-refractivity contribution >= 4 is 37.4 Å². The first-order valence-corrected chi connectivity index (χ1v) is 11.0. The monoisotopic (exact) mass is 434 g/mol. The number of halogens is 1. The predicted octanol–water partition coefficient (Wildman–Crippen LogP) is 3.49. The maximum Gasteiger partial charge on any atom is 0.234 e. The molecule has 3 heterocycles. The number of aryl methyl sites for hydroxylation is 2. The van der Waals surface area contributed by atoms with Crippen LogP contribution >= 0.6 is 15.9 Å². The van der Waals surface area contributed by atoms with E-state index < -0.39 is 10.0 Å². The Kier molecular flexibility index (Phi) is 3.89. The molecule has 0 radical (unpaired) electrons. The molecule has 0 amide bonds. The van der Waals surface area contributed by atoms with Crippen molar-refractivity contribution in [3.05, 3.63) is 45.8 Å². The summed E-state index contributed by atoms with van der Waals surface area (Å²) in [7, 11) is -3.28. The predicted molar refractivity (Wildman–Crippen MR) is 106 cm³/mol. The zero-order valence-electron chi connectivity index (χ0n) is 15.0. The lowest BCUT2D eigenvalue weighted by atomic mass is 10.1. The van der Waals surface area contributed by atoms with Gasteiger partial charge in [-0.2, -0.15) is 0 Å². The van der Waals surface area contributed by atoms with Crippen molar-refractivity contribution in [3.63, 3.8) is 0 Å². The zero-order chi connectivity index (χ0) is 18.8. The van der Waals surface area contributed by atoms with Gasteiger partial charge < -0.3 is 0 Å². The lowest BCUT2D eigenvalue weighted by Gasteiger charge is -2.21. The molecule has 2 aromatic heterocycles. The van der Waals surface area contributed by atoms with E-state index >= 15 is 0 Å². The number of hydrogen-bond acceptors (Lipinski definition) is 4. The Balaban J connectivity index is 1.83. The largest absolute Gasteiger partial charge is 0.287 e. The third kappa shape index (κ3) is 2.63. The third-order valence-electron chi connectivity index (χ3n) is 4.84. The number of aromatic nitrogens is 3. The number of nitrogens with zero attached hydrogens (tertiary/aromatic N) is 4. The maximum absolute atomic E-state index is 12.1. The minimum Gasteiger partial charge on any atom is -0.287 e.